The van der Waals surface area contributed by atoms with E-state index in [1.165, 1.54) is 0 Å². The van der Waals surface area contributed by atoms with Crippen molar-refractivity contribution in [1.82, 2.24) is 15.4 Å². The van der Waals surface area contributed by atoms with E-state index in [2.05, 4.69) is 29.2 Å². The molecule has 0 fully saturated rings. The molecule has 7 heteroatoms. The first-order valence-electron chi connectivity index (χ1n) is 6.26. The Labute approximate surface area is 110 Å². The van der Waals surface area contributed by atoms with E-state index in [1.54, 1.807) is 0 Å². The number of carbonyl (C=O) groups excluding carboxylic acids is 1. The van der Waals surface area contributed by atoms with Crippen molar-refractivity contribution >= 4 is 15.9 Å². The van der Waals surface area contributed by atoms with Crippen LogP contribution >= 0.6 is 0 Å². The minimum atomic E-state index is -3.12. The highest BCUT2D eigenvalue weighted by atomic mass is 32.2. The van der Waals surface area contributed by atoms with Crippen LogP contribution in [0.25, 0.3) is 0 Å². The summed E-state index contributed by atoms with van der Waals surface area (Å²) in [5, 5.41) is 5.99. The average molecular weight is 279 g/mol. The van der Waals surface area contributed by atoms with Crippen LogP contribution in [0.15, 0.2) is 0 Å². The summed E-state index contributed by atoms with van der Waals surface area (Å²) < 4.78 is 23.9. The molecule has 0 aliphatic carbocycles. The average Bonchev–Trinajstić information content (AvgIpc) is 2.22. The Bertz CT molecular complexity index is 328. The molecule has 18 heavy (non-hydrogen) atoms. The van der Waals surface area contributed by atoms with E-state index >= 15 is 0 Å². The van der Waals surface area contributed by atoms with Crippen molar-refractivity contribution in [3.05, 3.63) is 0 Å². The first-order chi connectivity index (χ1) is 8.31. The molecule has 0 aromatic rings. The molecule has 0 bridgehead atoms. The normalized spacial score (nSPS) is 11.8. The summed E-state index contributed by atoms with van der Waals surface area (Å²) in [5.41, 5.74) is 0. The highest BCUT2D eigenvalue weighted by Crippen LogP contribution is 1.89. The Hall–Kier alpha value is -0.660. The maximum absolute atomic E-state index is 11.4. The lowest BCUT2D eigenvalue weighted by molar-refractivity contribution is -0.121. The molecule has 0 heterocycles. The summed E-state index contributed by atoms with van der Waals surface area (Å²) in [6, 6.07) is 0.440. The first-order valence-corrected chi connectivity index (χ1v) is 8.15. The van der Waals surface area contributed by atoms with Crippen molar-refractivity contribution in [3.8, 4) is 0 Å². The third kappa shape index (κ3) is 13.4. The van der Waals surface area contributed by atoms with E-state index in [9.17, 15) is 13.2 Å². The zero-order valence-corrected chi connectivity index (χ0v) is 12.3. The second kappa shape index (κ2) is 9.29. The zero-order valence-electron chi connectivity index (χ0n) is 11.5. The van der Waals surface area contributed by atoms with Crippen molar-refractivity contribution in [1.29, 1.82) is 0 Å². The fourth-order valence-corrected chi connectivity index (χ4v) is 1.82. The van der Waals surface area contributed by atoms with Gasteiger partial charge < -0.3 is 10.6 Å². The standard InChI is InChI=1S/C11H25N3O3S/c1-10(2)12-7-4-6-11(15)13-8-5-9-14-18(3,16)17/h10,12,14H,4-9H2,1-3H3,(H,13,15). The van der Waals surface area contributed by atoms with Crippen LogP contribution in [0.1, 0.15) is 33.1 Å². The Balaban J connectivity index is 3.37. The number of nitrogens with one attached hydrogen (secondary N) is 3. The van der Waals surface area contributed by atoms with E-state index in [0.29, 0.717) is 32.0 Å². The molecule has 0 aromatic carbocycles. The van der Waals surface area contributed by atoms with Gasteiger partial charge in [-0.05, 0) is 19.4 Å². The molecule has 0 atom stereocenters. The van der Waals surface area contributed by atoms with Crippen molar-refractivity contribution in [3.63, 3.8) is 0 Å². The maximum Gasteiger partial charge on any atom is 0.220 e. The first kappa shape index (κ1) is 17.3. The summed E-state index contributed by atoms with van der Waals surface area (Å²) >= 11 is 0. The molecule has 108 valence electrons. The van der Waals surface area contributed by atoms with E-state index in [0.717, 1.165) is 19.2 Å². The number of hydrogen-bond acceptors (Lipinski definition) is 4. The molecular formula is C11H25N3O3S. The van der Waals surface area contributed by atoms with Gasteiger partial charge in [0.25, 0.3) is 0 Å². The molecule has 0 saturated carbocycles. The molecular weight excluding hydrogens is 254 g/mol. The Kier molecular flexibility index (Phi) is 8.95. The van der Waals surface area contributed by atoms with Gasteiger partial charge in [-0.2, -0.15) is 0 Å². The zero-order chi connectivity index (χ0) is 14.0. The molecule has 0 spiro atoms. The third-order valence-corrected chi connectivity index (χ3v) is 2.90. The molecule has 0 aliphatic heterocycles. The molecule has 0 aromatic heterocycles. The molecule has 0 radical (unpaired) electrons. The number of rotatable bonds is 10. The smallest absolute Gasteiger partial charge is 0.220 e. The van der Waals surface area contributed by atoms with Gasteiger partial charge in [0.05, 0.1) is 6.26 Å². The van der Waals surface area contributed by atoms with Crippen molar-refractivity contribution in [2.45, 2.75) is 39.2 Å². The predicted octanol–water partition coefficient (Wildman–Crippen LogP) is -0.180. The van der Waals surface area contributed by atoms with Crippen LogP contribution in [0.2, 0.25) is 0 Å². The van der Waals surface area contributed by atoms with Crippen LogP contribution in [0.3, 0.4) is 0 Å². The van der Waals surface area contributed by atoms with Crippen LogP contribution in [0, 0.1) is 0 Å². The summed E-state index contributed by atoms with van der Waals surface area (Å²) in [7, 11) is -3.12. The fraction of sp³-hybridized carbons (Fsp3) is 0.909. The van der Waals surface area contributed by atoms with Crippen LogP contribution in [-0.4, -0.2) is 46.3 Å². The van der Waals surface area contributed by atoms with Gasteiger partial charge in [-0.1, -0.05) is 13.8 Å². The molecule has 1 amide bonds. The largest absolute Gasteiger partial charge is 0.356 e. The topological polar surface area (TPSA) is 87.3 Å². The summed E-state index contributed by atoms with van der Waals surface area (Å²) in [4.78, 5) is 11.4. The lowest BCUT2D eigenvalue weighted by Gasteiger charge is -2.08. The van der Waals surface area contributed by atoms with Gasteiger partial charge in [0.1, 0.15) is 0 Å². The second-order valence-electron chi connectivity index (χ2n) is 4.58. The van der Waals surface area contributed by atoms with E-state index < -0.39 is 10.0 Å². The van der Waals surface area contributed by atoms with E-state index in [1.807, 2.05) is 0 Å². The summed E-state index contributed by atoms with van der Waals surface area (Å²) in [6.07, 6.45) is 3.03. The minimum absolute atomic E-state index is 0.0138. The van der Waals surface area contributed by atoms with Crippen LogP contribution in [-0.2, 0) is 14.8 Å². The van der Waals surface area contributed by atoms with Crippen LogP contribution < -0.4 is 15.4 Å². The summed E-state index contributed by atoms with van der Waals surface area (Å²) in [6.45, 7) is 5.82. The molecule has 0 saturated heterocycles. The lowest BCUT2D eigenvalue weighted by atomic mass is 10.2. The Morgan fingerprint density at radius 1 is 1.11 bits per heavy atom. The van der Waals surface area contributed by atoms with Gasteiger partial charge in [-0.15, -0.1) is 0 Å². The van der Waals surface area contributed by atoms with Gasteiger partial charge in [0, 0.05) is 25.6 Å². The van der Waals surface area contributed by atoms with Gasteiger partial charge in [-0.3, -0.25) is 4.79 Å². The van der Waals surface area contributed by atoms with Crippen LogP contribution in [0.5, 0.6) is 0 Å². The van der Waals surface area contributed by atoms with Crippen LogP contribution in [0.4, 0.5) is 0 Å². The quantitative estimate of drug-likeness (QED) is 0.484. The van der Waals surface area contributed by atoms with Crippen molar-refractivity contribution in [2.24, 2.45) is 0 Å². The van der Waals surface area contributed by atoms with E-state index in [4.69, 9.17) is 0 Å². The fourth-order valence-electron chi connectivity index (χ4n) is 1.30. The highest BCUT2D eigenvalue weighted by molar-refractivity contribution is 7.88. The monoisotopic (exact) mass is 279 g/mol. The van der Waals surface area contributed by atoms with Gasteiger partial charge in [0.15, 0.2) is 0 Å². The lowest BCUT2D eigenvalue weighted by Crippen LogP contribution is -2.30. The van der Waals surface area contributed by atoms with E-state index in [-0.39, 0.29) is 5.91 Å². The third-order valence-electron chi connectivity index (χ3n) is 2.17. The number of carbonyl (C=O) groups is 1. The molecule has 6 nitrogen and oxygen atoms in total. The van der Waals surface area contributed by atoms with Crippen molar-refractivity contribution in [2.75, 3.05) is 25.9 Å². The molecule has 3 N–H and O–H groups in total. The predicted molar refractivity (Wildman–Crippen MR) is 72.8 cm³/mol. The SMILES string of the molecule is CC(C)NCCCC(=O)NCCCNS(C)(=O)=O. The second-order valence-corrected chi connectivity index (χ2v) is 6.42. The number of sulfonamides is 1. The van der Waals surface area contributed by atoms with Gasteiger partial charge >= 0.3 is 0 Å². The highest BCUT2D eigenvalue weighted by Gasteiger charge is 2.02. The Morgan fingerprint density at radius 2 is 1.78 bits per heavy atom. The summed E-state index contributed by atoms with van der Waals surface area (Å²) in [5.74, 6) is 0.0138. The molecule has 0 unspecified atom stereocenters. The molecule has 0 rings (SSSR count). The number of amides is 1. The van der Waals surface area contributed by atoms with Gasteiger partial charge in [-0.25, -0.2) is 13.1 Å². The molecule has 0 aliphatic rings. The van der Waals surface area contributed by atoms with Gasteiger partial charge in [0.2, 0.25) is 15.9 Å². The number of hydrogen-bond donors (Lipinski definition) is 3. The minimum Gasteiger partial charge on any atom is -0.356 e. The maximum atomic E-state index is 11.4. The van der Waals surface area contributed by atoms with Crippen molar-refractivity contribution < 1.29 is 13.2 Å². The Morgan fingerprint density at radius 3 is 2.33 bits per heavy atom.